The fourth-order valence-electron chi connectivity index (χ4n) is 6.44. The summed E-state index contributed by atoms with van der Waals surface area (Å²) in [5.41, 5.74) is 6.59. The molecule has 2 N–H and O–H groups in total. The molecule has 0 unspecified atom stereocenters. The van der Waals surface area contributed by atoms with Crippen LogP contribution in [0.4, 0.5) is 28.8 Å². The molecule has 0 aliphatic carbocycles. The van der Waals surface area contributed by atoms with Crippen LogP contribution in [0.3, 0.4) is 0 Å². The first-order valence-corrected chi connectivity index (χ1v) is 17.9. The van der Waals surface area contributed by atoms with Gasteiger partial charge in [-0.05, 0) is 111 Å². The molecule has 4 aromatic rings. The second kappa shape index (κ2) is 12.5. The molecule has 11 heteroatoms. The van der Waals surface area contributed by atoms with Gasteiger partial charge < -0.3 is 25.2 Å². The number of benzene rings is 2. The molecule has 0 saturated carbocycles. The van der Waals surface area contributed by atoms with Gasteiger partial charge >= 0.3 is 0 Å². The minimum atomic E-state index is -0.458. The average molecular weight is 664 g/mol. The number of halogens is 1. The van der Waals surface area contributed by atoms with Gasteiger partial charge in [-0.3, -0.25) is 9.97 Å². The molecule has 2 fully saturated rings. The van der Waals surface area contributed by atoms with Crippen LogP contribution in [-0.2, 0) is 0 Å². The summed E-state index contributed by atoms with van der Waals surface area (Å²) in [7, 11) is 3.50. The number of piperidine rings is 2. The summed E-state index contributed by atoms with van der Waals surface area (Å²) in [5.74, 6) is 1.93. The second-order valence-corrected chi connectivity index (χ2v) is 15.1. The number of likely N-dealkylation sites (tertiary alicyclic amines) is 1. The van der Waals surface area contributed by atoms with E-state index in [0.717, 1.165) is 51.0 Å². The maximum atomic E-state index is 5.87. The zero-order valence-electron chi connectivity index (χ0n) is 25.6. The Morgan fingerprint density at radius 1 is 0.930 bits per heavy atom. The Morgan fingerprint density at radius 2 is 1.65 bits per heavy atom. The summed E-state index contributed by atoms with van der Waals surface area (Å²) < 4.78 is 6.64. The topological polar surface area (TPSA) is 91.3 Å². The van der Waals surface area contributed by atoms with E-state index in [9.17, 15) is 0 Å². The number of ether oxygens (including phenoxy) is 1. The molecule has 2 aromatic carbocycles. The zero-order valence-corrected chi connectivity index (χ0v) is 28.1. The van der Waals surface area contributed by atoms with Crippen LogP contribution in [0.25, 0.3) is 11.0 Å². The fraction of sp³-hybridized carbons (Fsp3) is 0.438. The highest BCUT2D eigenvalue weighted by Crippen LogP contribution is 2.44. The van der Waals surface area contributed by atoms with E-state index in [1.807, 2.05) is 6.07 Å². The molecule has 0 atom stereocenters. The molecule has 4 heterocycles. The third-order valence-electron chi connectivity index (χ3n) is 9.04. The van der Waals surface area contributed by atoms with Crippen LogP contribution in [-0.4, -0.2) is 78.5 Å². The van der Waals surface area contributed by atoms with E-state index < -0.39 is 7.92 Å². The van der Waals surface area contributed by atoms with Crippen LogP contribution in [0.15, 0.2) is 47.3 Å². The van der Waals surface area contributed by atoms with Gasteiger partial charge in [0.1, 0.15) is 11.6 Å². The Morgan fingerprint density at radius 3 is 2.37 bits per heavy atom. The molecule has 43 heavy (non-hydrogen) atoms. The molecule has 2 saturated heterocycles. The SMILES string of the molecule is COc1cc(N2CCC3(CCN(C)CC3)CC2)c(C)cc1Nc1ncc(Br)c(Nc2ccc3nccnc3c2P(C)C)n1. The Labute approximate surface area is 263 Å². The van der Waals surface area contributed by atoms with Gasteiger partial charge in [-0.25, -0.2) is 4.98 Å². The highest BCUT2D eigenvalue weighted by atomic mass is 79.9. The molecule has 0 radical (unpaired) electrons. The molecule has 2 aromatic heterocycles. The molecule has 1 spiro atoms. The highest BCUT2D eigenvalue weighted by molar-refractivity contribution is 9.10. The maximum Gasteiger partial charge on any atom is 0.229 e. The number of aromatic nitrogens is 4. The van der Waals surface area contributed by atoms with E-state index in [1.54, 1.807) is 25.7 Å². The van der Waals surface area contributed by atoms with Crippen molar-refractivity contribution in [2.24, 2.45) is 5.41 Å². The molecule has 9 nitrogen and oxygen atoms in total. The van der Waals surface area contributed by atoms with Crippen molar-refractivity contribution in [2.75, 3.05) is 69.2 Å². The average Bonchev–Trinajstić information content (AvgIpc) is 3.01. The van der Waals surface area contributed by atoms with Gasteiger partial charge in [0, 0.05) is 54.4 Å². The Bertz CT molecular complexity index is 1620. The van der Waals surface area contributed by atoms with Gasteiger partial charge in [0.25, 0.3) is 0 Å². The van der Waals surface area contributed by atoms with Crippen LogP contribution < -0.4 is 25.6 Å². The molecule has 6 rings (SSSR count). The lowest BCUT2D eigenvalue weighted by molar-refractivity contribution is 0.0944. The van der Waals surface area contributed by atoms with Crippen molar-refractivity contribution in [2.45, 2.75) is 32.6 Å². The van der Waals surface area contributed by atoms with Crippen LogP contribution >= 0.6 is 23.9 Å². The highest BCUT2D eigenvalue weighted by Gasteiger charge is 2.37. The van der Waals surface area contributed by atoms with Crippen molar-refractivity contribution in [3.8, 4) is 5.75 Å². The van der Waals surface area contributed by atoms with E-state index in [-0.39, 0.29) is 0 Å². The van der Waals surface area contributed by atoms with Gasteiger partial charge in [-0.1, -0.05) is 7.92 Å². The summed E-state index contributed by atoms with van der Waals surface area (Å²) in [6.45, 7) is 11.2. The fourth-order valence-corrected chi connectivity index (χ4v) is 7.94. The van der Waals surface area contributed by atoms with Gasteiger partial charge in [-0.15, -0.1) is 0 Å². The molecular weight excluding hydrogens is 623 g/mol. The number of aryl methyl sites for hydroxylation is 1. The monoisotopic (exact) mass is 662 g/mol. The number of anilines is 5. The summed E-state index contributed by atoms with van der Waals surface area (Å²) in [6, 6.07) is 8.35. The Kier molecular flexibility index (Phi) is 8.72. The van der Waals surface area contributed by atoms with Crippen molar-refractivity contribution in [3.05, 3.63) is 52.9 Å². The number of nitrogens with zero attached hydrogens (tertiary/aromatic N) is 6. The largest absolute Gasteiger partial charge is 0.494 e. The van der Waals surface area contributed by atoms with Crippen molar-refractivity contribution in [1.29, 1.82) is 0 Å². The van der Waals surface area contributed by atoms with E-state index in [1.165, 1.54) is 50.0 Å². The standard InChI is InChI=1S/C32H40BrN8OP/c1-21-18-25(27(42-3)19-26(21)41-16-10-32(11-17-41)8-14-40(2)15-9-32)38-31-36-20-22(33)30(39-31)37-24-7-6-23-28(29(24)43(4)5)35-13-12-34-23/h6-7,12-13,18-20H,8-11,14-17H2,1-5H3,(H2,36,37,38,39). The van der Waals surface area contributed by atoms with E-state index in [4.69, 9.17) is 9.72 Å². The lowest BCUT2D eigenvalue weighted by atomic mass is 9.71. The summed E-state index contributed by atoms with van der Waals surface area (Å²) in [5, 5.41) is 8.11. The Balaban J connectivity index is 1.22. The predicted molar refractivity (Wildman–Crippen MR) is 183 cm³/mol. The van der Waals surface area contributed by atoms with E-state index in [2.05, 4.69) is 96.8 Å². The normalized spacial score (nSPS) is 17.0. The second-order valence-electron chi connectivity index (χ2n) is 12.0. The number of methoxy groups -OCH3 is 1. The quantitative estimate of drug-likeness (QED) is 0.211. The molecule has 226 valence electrons. The first-order valence-electron chi connectivity index (χ1n) is 14.8. The third kappa shape index (κ3) is 6.28. The smallest absolute Gasteiger partial charge is 0.229 e. The lowest BCUT2D eigenvalue weighted by Crippen LogP contribution is -2.46. The number of hydrogen-bond acceptors (Lipinski definition) is 9. The number of fused-ring (bicyclic) bond motifs is 1. The molecule has 2 aliphatic heterocycles. The minimum Gasteiger partial charge on any atom is -0.494 e. The Hall–Kier alpha value is -3.07. The van der Waals surface area contributed by atoms with Gasteiger partial charge in [0.2, 0.25) is 5.95 Å². The van der Waals surface area contributed by atoms with Crippen molar-refractivity contribution in [1.82, 2.24) is 24.8 Å². The molecule has 0 bridgehead atoms. The van der Waals surface area contributed by atoms with E-state index in [0.29, 0.717) is 17.2 Å². The van der Waals surface area contributed by atoms with Crippen molar-refractivity contribution in [3.63, 3.8) is 0 Å². The molecule has 0 amide bonds. The van der Waals surface area contributed by atoms with Crippen LogP contribution in [0.5, 0.6) is 5.75 Å². The van der Waals surface area contributed by atoms with Crippen LogP contribution in [0.1, 0.15) is 31.2 Å². The van der Waals surface area contributed by atoms with E-state index >= 15 is 0 Å². The first-order chi connectivity index (χ1) is 20.7. The molecular formula is C32H40BrN8OP. The maximum absolute atomic E-state index is 5.87. The number of nitrogens with one attached hydrogen (secondary N) is 2. The van der Waals surface area contributed by atoms with Crippen LogP contribution in [0.2, 0.25) is 0 Å². The number of rotatable bonds is 7. The minimum absolute atomic E-state index is 0.458. The zero-order chi connectivity index (χ0) is 30.1. The predicted octanol–water partition coefficient (Wildman–Crippen LogP) is 6.67. The lowest BCUT2D eigenvalue weighted by Gasteiger charge is -2.47. The van der Waals surface area contributed by atoms with Gasteiger partial charge in [0.05, 0.1) is 28.3 Å². The summed E-state index contributed by atoms with van der Waals surface area (Å²) in [4.78, 5) is 23.5. The summed E-state index contributed by atoms with van der Waals surface area (Å²) in [6.07, 6.45) is 10.4. The summed E-state index contributed by atoms with van der Waals surface area (Å²) >= 11 is 3.64. The van der Waals surface area contributed by atoms with Crippen LogP contribution in [0, 0.1) is 12.3 Å². The first kappa shape index (κ1) is 30.0. The third-order valence-corrected chi connectivity index (χ3v) is 11.0. The van der Waals surface area contributed by atoms with Crippen molar-refractivity contribution < 1.29 is 4.74 Å². The van der Waals surface area contributed by atoms with Crippen molar-refractivity contribution >= 4 is 69.0 Å². The van der Waals surface area contributed by atoms with Gasteiger partial charge in [-0.2, -0.15) is 4.98 Å². The van der Waals surface area contributed by atoms with Gasteiger partial charge in [0.15, 0.2) is 0 Å². The number of hydrogen-bond donors (Lipinski definition) is 2. The molecule has 2 aliphatic rings.